The number of rotatable bonds is 1. The van der Waals surface area contributed by atoms with Crippen molar-refractivity contribution >= 4 is 31.9 Å². The van der Waals surface area contributed by atoms with E-state index in [2.05, 4.69) is 50.7 Å². The Labute approximate surface area is 77.5 Å². The van der Waals surface area contributed by atoms with Gasteiger partial charge in [-0.2, -0.15) is 0 Å². The van der Waals surface area contributed by atoms with Gasteiger partial charge in [0.2, 0.25) is 0 Å². The van der Waals surface area contributed by atoms with E-state index in [0.717, 1.165) is 9.08 Å². The topological polar surface area (TPSA) is 15.8 Å². The molecule has 0 aliphatic rings. The van der Waals surface area contributed by atoms with Crippen LogP contribution in [0.2, 0.25) is 0 Å². The molecule has 1 aromatic heterocycles. The Morgan fingerprint density at radius 3 is 2.20 bits per heavy atom. The predicted octanol–water partition coefficient (Wildman–Crippen LogP) is 3.66. The number of nitrogens with one attached hydrogen (secondary N) is 1. The lowest BCUT2D eigenvalue weighted by atomic mass is 10.1. The minimum absolute atomic E-state index is 0.542. The van der Waals surface area contributed by atoms with Crippen molar-refractivity contribution in [1.29, 1.82) is 0 Å². The van der Waals surface area contributed by atoms with Gasteiger partial charge in [-0.15, -0.1) is 0 Å². The second-order valence-corrected chi connectivity index (χ2v) is 4.24. The number of H-pyrrole nitrogens is 1. The van der Waals surface area contributed by atoms with Gasteiger partial charge in [0.1, 0.15) is 0 Å². The van der Waals surface area contributed by atoms with Crippen LogP contribution in [0, 0.1) is 0 Å². The van der Waals surface area contributed by atoms with Crippen LogP contribution in [0.1, 0.15) is 25.5 Å². The molecule has 1 aromatic rings. The van der Waals surface area contributed by atoms with Crippen LogP contribution in [0.3, 0.4) is 0 Å². The van der Waals surface area contributed by atoms with E-state index in [-0.39, 0.29) is 0 Å². The van der Waals surface area contributed by atoms with Crippen LogP contribution in [-0.2, 0) is 0 Å². The Morgan fingerprint density at radius 1 is 1.40 bits per heavy atom. The second kappa shape index (κ2) is 3.09. The van der Waals surface area contributed by atoms with E-state index < -0.39 is 0 Å². The van der Waals surface area contributed by atoms with E-state index in [1.165, 1.54) is 5.69 Å². The number of hydrogen-bond donors (Lipinski definition) is 1. The molecule has 1 heterocycles. The standard InChI is InChI=1S/C7H9Br2N/c1-4(2)7-5(8)3-6(9)10-7/h3-4,10H,1-2H3. The summed E-state index contributed by atoms with van der Waals surface area (Å²) in [5, 5.41) is 0. The smallest absolute Gasteiger partial charge is 0.0833 e. The summed E-state index contributed by atoms with van der Waals surface area (Å²) in [6.45, 7) is 4.31. The van der Waals surface area contributed by atoms with Gasteiger partial charge in [0, 0.05) is 10.2 Å². The molecular weight excluding hydrogens is 258 g/mol. The predicted molar refractivity (Wildman–Crippen MR) is 50.3 cm³/mol. The summed E-state index contributed by atoms with van der Waals surface area (Å²) in [5.41, 5.74) is 1.24. The highest BCUT2D eigenvalue weighted by molar-refractivity contribution is 9.11. The molecule has 0 fully saturated rings. The third-order valence-electron chi connectivity index (χ3n) is 1.34. The van der Waals surface area contributed by atoms with Crippen molar-refractivity contribution in [2.24, 2.45) is 0 Å². The summed E-state index contributed by atoms with van der Waals surface area (Å²) in [4.78, 5) is 3.21. The van der Waals surface area contributed by atoms with Crippen LogP contribution in [0.4, 0.5) is 0 Å². The molecule has 0 radical (unpaired) electrons. The lowest BCUT2D eigenvalue weighted by Gasteiger charge is -2.00. The van der Waals surface area contributed by atoms with Gasteiger partial charge in [-0.3, -0.25) is 0 Å². The number of hydrogen-bond acceptors (Lipinski definition) is 0. The minimum atomic E-state index is 0.542. The van der Waals surface area contributed by atoms with Gasteiger partial charge in [-0.25, -0.2) is 0 Å². The maximum atomic E-state index is 3.46. The number of aromatic nitrogens is 1. The van der Waals surface area contributed by atoms with E-state index in [9.17, 15) is 0 Å². The molecule has 1 N–H and O–H groups in total. The Kier molecular flexibility index (Phi) is 2.58. The Bertz CT molecular complexity index is 228. The molecule has 0 saturated carbocycles. The SMILES string of the molecule is CC(C)c1[nH]c(Br)cc1Br. The summed E-state index contributed by atoms with van der Waals surface area (Å²) < 4.78 is 2.18. The summed E-state index contributed by atoms with van der Waals surface area (Å²) >= 11 is 6.82. The summed E-state index contributed by atoms with van der Waals surface area (Å²) in [7, 11) is 0. The normalized spacial score (nSPS) is 10.9. The highest BCUT2D eigenvalue weighted by atomic mass is 79.9. The zero-order valence-corrected chi connectivity index (χ0v) is 9.08. The lowest BCUT2D eigenvalue weighted by Crippen LogP contribution is -1.86. The number of aromatic amines is 1. The Morgan fingerprint density at radius 2 is 2.00 bits per heavy atom. The largest absolute Gasteiger partial charge is 0.352 e. The molecule has 0 spiro atoms. The van der Waals surface area contributed by atoms with E-state index in [4.69, 9.17) is 0 Å². The van der Waals surface area contributed by atoms with Crippen molar-refractivity contribution in [2.75, 3.05) is 0 Å². The van der Waals surface area contributed by atoms with Crippen molar-refractivity contribution in [3.63, 3.8) is 0 Å². The fourth-order valence-corrected chi connectivity index (χ4v) is 2.37. The molecule has 0 atom stereocenters. The Hall–Kier alpha value is 0.240. The summed E-state index contributed by atoms with van der Waals surface area (Å²) in [6.07, 6.45) is 0. The van der Waals surface area contributed by atoms with E-state index in [1.807, 2.05) is 6.07 Å². The molecular formula is C7H9Br2N. The first-order chi connectivity index (χ1) is 4.61. The van der Waals surface area contributed by atoms with E-state index in [0.29, 0.717) is 5.92 Å². The van der Waals surface area contributed by atoms with Crippen molar-refractivity contribution in [2.45, 2.75) is 19.8 Å². The molecule has 1 rings (SSSR count). The van der Waals surface area contributed by atoms with Crippen LogP contribution >= 0.6 is 31.9 Å². The fraction of sp³-hybridized carbons (Fsp3) is 0.429. The quantitative estimate of drug-likeness (QED) is 0.799. The second-order valence-electron chi connectivity index (χ2n) is 2.53. The first-order valence-corrected chi connectivity index (χ1v) is 4.73. The van der Waals surface area contributed by atoms with Crippen LogP contribution in [0.25, 0.3) is 0 Å². The van der Waals surface area contributed by atoms with Gasteiger partial charge < -0.3 is 4.98 Å². The molecule has 0 bridgehead atoms. The maximum absolute atomic E-state index is 3.46. The molecule has 3 heteroatoms. The summed E-state index contributed by atoms with van der Waals surface area (Å²) in [6, 6.07) is 2.02. The molecule has 0 aliphatic heterocycles. The van der Waals surface area contributed by atoms with Gasteiger partial charge in [0.15, 0.2) is 0 Å². The molecule has 0 aromatic carbocycles. The lowest BCUT2D eigenvalue weighted by molar-refractivity contribution is 0.825. The van der Waals surface area contributed by atoms with Crippen LogP contribution in [-0.4, -0.2) is 4.98 Å². The van der Waals surface area contributed by atoms with E-state index in [1.54, 1.807) is 0 Å². The molecule has 0 aliphatic carbocycles. The first-order valence-electron chi connectivity index (χ1n) is 3.15. The van der Waals surface area contributed by atoms with Crippen molar-refractivity contribution < 1.29 is 0 Å². The first kappa shape index (κ1) is 8.34. The van der Waals surface area contributed by atoms with E-state index >= 15 is 0 Å². The highest BCUT2D eigenvalue weighted by Gasteiger charge is 2.06. The average Bonchev–Trinajstić information content (AvgIpc) is 2.10. The monoisotopic (exact) mass is 265 g/mol. The maximum Gasteiger partial charge on any atom is 0.0833 e. The van der Waals surface area contributed by atoms with Gasteiger partial charge in [-0.05, 0) is 43.8 Å². The summed E-state index contributed by atoms with van der Waals surface area (Å²) in [5.74, 6) is 0.542. The minimum Gasteiger partial charge on any atom is -0.352 e. The molecule has 10 heavy (non-hydrogen) atoms. The van der Waals surface area contributed by atoms with Gasteiger partial charge >= 0.3 is 0 Å². The van der Waals surface area contributed by atoms with Gasteiger partial charge in [0.05, 0.1) is 4.60 Å². The average molecular weight is 267 g/mol. The van der Waals surface area contributed by atoms with Crippen LogP contribution < -0.4 is 0 Å². The zero-order valence-electron chi connectivity index (χ0n) is 5.91. The van der Waals surface area contributed by atoms with Crippen molar-refractivity contribution in [3.8, 4) is 0 Å². The fourth-order valence-electron chi connectivity index (χ4n) is 0.834. The third kappa shape index (κ3) is 1.64. The third-order valence-corrected chi connectivity index (χ3v) is 2.43. The Balaban J connectivity index is 3.03. The van der Waals surface area contributed by atoms with Gasteiger partial charge in [0.25, 0.3) is 0 Å². The molecule has 56 valence electrons. The molecule has 1 nitrogen and oxygen atoms in total. The van der Waals surface area contributed by atoms with Crippen molar-refractivity contribution in [3.05, 3.63) is 20.8 Å². The van der Waals surface area contributed by atoms with Gasteiger partial charge in [-0.1, -0.05) is 13.8 Å². The number of halogens is 2. The zero-order chi connectivity index (χ0) is 7.72. The van der Waals surface area contributed by atoms with Crippen LogP contribution in [0.15, 0.2) is 15.1 Å². The molecule has 0 amide bonds. The van der Waals surface area contributed by atoms with Crippen molar-refractivity contribution in [1.82, 2.24) is 4.98 Å². The highest BCUT2D eigenvalue weighted by Crippen LogP contribution is 2.26. The molecule has 0 saturated heterocycles. The molecule has 0 unspecified atom stereocenters. The van der Waals surface area contributed by atoms with Crippen LogP contribution in [0.5, 0.6) is 0 Å².